The Labute approximate surface area is 185 Å². The van der Waals surface area contributed by atoms with Crippen LogP contribution in [0.2, 0.25) is 0 Å². The maximum atomic E-state index is 11.6. The van der Waals surface area contributed by atoms with Gasteiger partial charge < -0.3 is 10.0 Å². The Morgan fingerprint density at radius 1 is 1.03 bits per heavy atom. The van der Waals surface area contributed by atoms with Gasteiger partial charge in [0.05, 0.1) is 11.9 Å². The number of piperidine rings is 1. The highest BCUT2D eigenvalue weighted by Crippen LogP contribution is 2.65. The summed E-state index contributed by atoms with van der Waals surface area (Å²) in [4.78, 5) is 2.58. The molecule has 2 aromatic carbocycles. The number of benzene rings is 2. The van der Waals surface area contributed by atoms with Crippen LogP contribution >= 0.6 is 0 Å². The molecule has 2 aliphatic carbocycles. The Kier molecular flexibility index (Phi) is 4.96. The topological polar surface area (TPSA) is 69.6 Å². The molecule has 0 spiro atoms. The molecule has 0 aromatic heterocycles. The van der Waals surface area contributed by atoms with E-state index in [1.165, 1.54) is 11.8 Å². The molecule has 6 heteroatoms. The molecule has 5 rings (SSSR count). The van der Waals surface area contributed by atoms with E-state index in [0.29, 0.717) is 23.4 Å². The molecule has 1 saturated heterocycles. The Bertz CT molecular complexity index is 1050. The van der Waals surface area contributed by atoms with E-state index < -0.39 is 15.6 Å². The van der Waals surface area contributed by atoms with Gasteiger partial charge in [-0.3, -0.25) is 4.72 Å². The number of nitrogens with zero attached hydrogens (tertiary/aromatic N) is 1. The highest BCUT2D eigenvalue weighted by molar-refractivity contribution is 7.92. The maximum Gasteiger partial charge on any atom is 0.229 e. The largest absolute Gasteiger partial charge is 0.385 e. The summed E-state index contributed by atoms with van der Waals surface area (Å²) in [5, 5.41) is 10.9. The second kappa shape index (κ2) is 7.32. The lowest BCUT2D eigenvalue weighted by Crippen LogP contribution is -2.46. The minimum Gasteiger partial charge on any atom is -0.385 e. The van der Waals surface area contributed by atoms with Gasteiger partial charge in [-0.1, -0.05) is 49.4 Å². The van der Waals surface area contributed by atoms with Crippen molar-refractivity contribution < 1.29 is 13.5 Å². The summed E-state index contributed by atoms with van der Waals surface area (Å²) >= 11 is 0. The van der Waals surface area contributed by atoms with Crippen LogP contribution in [0.4, 0.5) is 5.69 Å². The molecule has 0 amide bonds. The van der Waals surface area contributed by atoms with Crippen LogP contribution in [-0.2, 0) is 21.0 Å². The zero-order chi connectivity index (χ0) is 21.9. The van der Waals surface area contributed by atoms with Gasteiger partial charge in [0.2, 0.25) is 10.0 Å². The molecule has 1 heterocycles. The van der Waals surface area contributed by atoms with Crippen LogP contribution in [-0.4, -0.2) is 44.3 Å². The molecule has 2 aromatic rings. The van der Waals surface area contributed by atoms with E-state index in [0.717, 1.165) is 44.5 Å². The number of anilines is 1. The van der Waals surface area contributed by atoms with Crippen molar-refractivity contribution in [3.8, 4) is 0 Å². The van der Waals surface area contributed by atoms with Crippen molar-refractivity contribution in [1.29, 1.82) is 0 Å². The quantitative estimate of drug-likeness (QED) is 0.691. The first-order valence-corrected chi connectivity index (χ1v) is 13.2. The molecule has 5 nitrogen and oxygen atoms in total. The van der Waals surface area contributed by atoms with Crippen LogP contribution in [0.3, 0.4) is 0 Å². The van der Waals surface area contributed by atoms with E-state index in [1.54, 1.807) is 0 Å². The molecule has 2 unspecified atom stereocenters. The number of hydrogen-bond acceptors (Lipinski definition) is 4. The van der Waals surface area contributed by atoms with Crippen LogP contribution in [0.5, 0.6) is 0 Å². The molecule has 2 N–H and O–H groups in total. The number of fused-ring (bicyclic) bond motifs is 1. The Hall–Kier alpha value is -1.89. The van der Waals surface area contributed by atoms with E-state index in [1.807, 2.05) is 48.5 Å². The van der Waals surface area contributed by atoms with Crippen molar-refractivity contribution in [2.45, 2.75) is 37.2 Å². The fraction of sp³-hybridized carbons (Fsp3) is 0.520. The van der Waals surface area contributed by atoms with Crippen molar-refractivity contribution in [3.05, 3.63) is 65.7 Å². The van der Waals surface area contributed by atoms with Gasteiger partial charge in [-0.2, -0.15) is 0 Å². The number of aliphatic hydroxyl groups is 1. The lowest BCUT2D eigenvalue weighted by Gasteiger charge is -2.46. The molecule has 2 saturated carbocycles. The minimum absolute atomic E-state index is 0.177. The first-order chi connectivity index (χ1) is 14.7. The molecular formula is C25H32N2O3S. The summed E-state index contributed by atoms with van der Waals surface area (Å²) in [6.07, 6.45) is 3.97. The van der Waals surface area contributed by atoms with Gasteiger partial charge >= 0.3 is 0 Å². The molecule has 1 aliphatic heterocycles. The number of likely N-dealkylation sites (tertiary alicyclic amines) is 1. The molecule has 3 aliphatic rings. The third-order valence-corrected chi connectivity index (χ3v) is 8.58. The number of nitrogens with one attached hydrogen (secondary N) is 1. The van der Waals surface area contributed by atoms with Crippen molar-refractivity contribution in [2.24, 2.45) is 17.8 Å². The molecular weight excluding hydrogens is 408 g/mol. The summed E-state index contributed by atoms with van der Waals surface area (Å²) in [5.41, 5.74) is 2.50. The smallest absolute Gasteiger partial charge is 0.229 e. The summed E-state index contributed by atoms with van der Waals surface area (Å²) in [7, 11) is -3.27. The second-order valence-electron chi connectivity index (χ2n) is 9.95. The molecule has 3 fully saturated rings. The standard InChI is InChI=1S/C25H32N2O3S/c1-3-25(20-10-7-11-21(12-20)26-31(2,29)30)22-16-27(17-23(22)25)15-18-13-24(28,14-18)19-8-5-4-6-9-19/h4-12,18,22-23,26,28H,3,13-17H2,1-2H3/t18-,22?,23?,24-,25?. The third-order valence-electron chi connectivity index (χ3n) is 7.98. The number of rotatable bonds is 7. The van der Waals surface area contributed by atoms with Gasteiger partial charge in [-0.05, 0) is 60.3 Å². The van der Waals surface area contributed by atoms with Gasteiger partial charge in [-0.15, -0.1) is 0 Å². The first kappa shape index (κ1) is 21.0. The first-order valence-electron chi connectivity index (χ1n) is 11.3. The molecule has 0 radical (unpaired) electrons. The lowest BCUT2D eigenvalue weighted by atomic mass is 9.67. The van der Waals surface area contributed by atoms with E-state index in [4.69, 9.17) is 0 Å². The fourth-order valence-electron chi connectivity index (χ4n) is 6.58. The van der Waals surface area contributed by atoms with Crippen LogP contribution in [0.1, 0.15) is 37.3 Å². The van der Waals surface area contributed by atoms with Gasteiger partial charge in [0.1, 0.15) is 0 Å². The van der Waals surface area contributed by atoms with E-state index in [2.05, 4.69) is 22.6 Å². The zero-order valence-electron chi connectivity index (χ0n) is 18.3. The van der Waals surface area contributed by atoms with E-state index in [9.17, 15) is 13.5 Å². The zero-order valence-corrected chi connectivity index (χ0v) is 19.1. The van der Waals surface area contributed by atoms with Gasteiger partial charge in [0, 0.05) is 30.7 Å². The number of hydrogen-bond donors (Lipinski definition) is 2. The summed E-state index contributed by atoms with van der Waals surface area (Å²) in [6, 6.07) is 18.0. The SMILES string of the molecule is CCC1(c2cccc(NS(C)(=O)=O)c2)C2CN(C[C@H]3C[C@@](O)(c4ccccc4)C3)CC21. The molecule has 31 heavy (non-hydrogen) atoms. The highest BCUT2D eigenvalue weighted by Gasteiger charge is 2.67. The van der Waals surface area contributed by atoms with Crippen molar-refractivity contribution in [1.82, 2.24) is 4.90 Å². The van der Waals surface area contributed by atoms with Crippen molar-refractivity contribution in [3.63, 3.8) is 0 Å². The van der Waals surface area contributed by atoms with E-state index in [-0.39, 0.29) is 5.41 Å². The summed E-state index contributed by atoms with van der Waals surface area (Å²) < 4.78 is 25.9. The normalized spacial score (nSPS) is 34.7. The van der Waals surface area contributed by atoms with Gasteiger partial charge in [-0.25, -0.2) is 8.42 Å². The van der Waals surface area contributed by atoms with Crippen molar-refractivity contribution in [2.75, 3.05) is 30.6 Å². The maximum absolute atomic E-state index is 11.6. The van der Waals surface area contributed by atoms with Crippen molar-refractivity contribution >= 4 is 15.7 Å². The third kappa shape index (κ3) is 3.69. The number of sulfonamides is 1. The lowest BCUT2D eigenvalue weighted by molar-refractivity contribution is -0.0872. The second-order valence-corrected chi connectivity index (χ2v) is 11.7. The van der Waals surface area contributed by atoms with Gasteiger partial charge in [0.15, 0.2) is 0 Å². The summed E-state index contributed by atoms with van der Waals surface area (Å²) in [5.74, 6) is 1.83. The van der Waals surface area contributed by atoms with Crippen LogP contribution in [0.15, 0.2) is 54.6 Å². The Balaban J connectivity index is 1.20. The van der Waals surface area contributed by atoms with Crippen LogP contribution < -0.4 is 4.72 Å². The van der Waals surface area contributed by atoms with E-state index >= 15 is 0 Å². The predicted molar refractivity (Wildman–Crippen MR) is 123 cm³/mol. The average Bonchev–Trinajstić information content (AvgIpc) is 3.09. The Morgan fingerprint density at radius 3 is 2.29 bits per heavy atom. The predicted octanol–water partition coefficient (Wildman–Crippen LogP) is 3.57. The average molecular weight is 441 g/mol. The fourth-order valence-corrected chi connectivity index (χ4v) is 7.14. The molecule has 2 atom stereocenters. The summed E-state index contributed by atoms with van der Waals surface area (Å²) in [6.45, 7) is 5.52. The monoisotopic (exact) mass is 440 g/mol. The van der Waals surface area contributed by atoms with Crippen LogP contribution in [0.25, 0.3) is 0 Å². The Morgan fingerprint density at radius 2 is 1.68 bits per heavy atom. The van der Waals surface area contributed by atoms with Crippen LogP contribution in [0, 0.1) is 17.8 Å². The van der Waals surface area contributed by atoms with Gasteiger partial charge in [0.25, 0.3) is 0 Å². The molecule has 0 bridgehead atoms. The highest BCUT2D eigenvalue weighted by atomic mass is 32.2. The minimum atomic E-state index is -3.27. The molecule has 166 valence electrons.